The number of anilines is 3. The van der Waals surface area contributed by atoms with Crippen molar-refractivity contribution in [2.75, 3.05) is 42.9 Å². The smallest absolute Gasteiger partial charge is 0.326 e. The summed E-state index contributed by atoms with van der Waals surface area (Å²) in [6.45, 7) is 7.22. The first-order valence-corrected chi connectivity index (χ1v) is 12.3. The predicted molar refractivity (Wildman–Crippen MR) is 141 cm³/mol. The molecule has 1 saturated heterocycles. The van der Waals surface area contributed by atoms with E-state index in [1.54, 1.807) is 13.0 Å². The lowest BCUT2D eigenvalue weighted by molar-refractivity contribution is 0.262. The third kappa shape index (κ3) is 5.42. The van der Waals surface area contributed by atoms with Crippen molar-refractivity contribution in [2.45, 2.75) is 20.3 Å². The van der Waals surface area contributed by atoms with E-state index >= 15 is 4.39 Å². The van der Waals surface area contributed by atoms with Crippen LogP contribution in [0.15, 0.2) is 30.3 Å². The number of hydrogen-bond acceptors (Lipinski definition) is 8. The summed E-state index contributed by atoms with van der Waals surface area (Å²) in [6.07, 6.45) is 4.24. The van der Waals surface area contributed by atoms with Crippen LogP contribution in [0.1, 0.15) is 24.7 Å². The number of allylic oxidation sites excluding steroid dienone is 1. The van der Waals surface area contributed by atoms with Crippen molar-refractivity contribution in [1.29, 1.82) is 5.26 Å². The molecular weight excluding hydrogens is 492 g/mol. The number of H-pyrrole nitrogens is 2. The number of nitrogens with zero attached hydrogens (tertiary/aromatic N) is 6. The molecule has 0 saturated carbocycles. The third-order valence-corrected chi connectivity index (χ3v) is 6.23. The van der Waals surface area contributed by atoms with Crippen LogP contribution in [0.2, 0.25) is 0 Å². The van der Waals surface area contributed by atoms with Crippen molar-refractivity contribution < 1.29 is 13.5 Å². The monoisotopic (exact) mass is 519 g/mol. The minimum atomic E-state index is -0.705. The molecule has 0 bridgehead atoms. The Morgan fingerprint density at radius 1 is 1.13 bits per heavy atom. The molecule has 0 unspecified atom stereocenters. The molecule has 4 aromatic rings. The van der Waals surface area contributed by atoms with Gasteiger partial charge in [0.2, 0.25) is 0 Å². The third-order valence-electron chi connectivity index (χ3n) is 6.23. The Bertz CT molecular complexity index is 1510. The molecule has 0 aliphatic carbocycles. The Morgan fingerprint density at radius 2 is 1.95 bits per heavy atom. The quantitative estimate of drug-likeness (QED) is 0.301. The second kappa shape index (κ2) is 10.9. The predicted octanol–water partition coefficient (Wildman–Crippen LogP) is 4.87. The van der Waals surface area contributed by atoms with Gasteiger partial charge in [-0.15, -0.1) is 0 Å². The summed E-state index contributed by atoms with van der Waals surface area (Å²) < 4.78 is 35.6. The molecule has 1 aliphatic heterocycles. The number of hydrogen-bond donors (Lipinski definition) is 3. The highest BCUT2D eigenvalue weighted by molar-refractivity contribution is 5.83. The van der Waals surface area contributed by atoms with Crippen LogP contribution < -0.4 is 15.0 Å². The largest absolute Gasteiger partial charge is 0.421 e. The number of nitriles is 1. The molecule has 3 aromatic heterocycles. The highest BCUT2D eigenvalue weighted by Gasteiger charge is 2.22. The highest BCUT2D eigenvalue weighted by Crippen LogP contribution is 2.33. The Morgan fingerprint density at radius 3 is 2.71 bits per heavy atom. The van der Waals surface area contributed by atoms with Gasteiger partial charge >= 0.3 is 6.01 Å². The normalized spacial score (nSPS) is 14.3. The van der Waals surface area contributed by atoms with Crippen molar-refractivity contribution in [3.05, 3.63) is 53.4 Å². The van der Waals surface area contributed by atoms with Gasteiger partial charge in [0.05, 0.1) is 17.3 Å². The van der Waals surface area contributed by atoms with Crippen molar-refractivity contribution in [3.63, 3.8) is 0 Å². The molecule has 38 heavy (non-hydrogen) atoms. The highest BCUT2D eigenvalue weighted by atomic mass is 19.1. The van der Waals surface area contributed by atoms with E-state index < -0.39 is 11.6 Å². The minimum Gasteiger partial charge on any atom is -0.421 e. The van der Waals surface area contributed by atoms with Crippen LogP contribution >= 0.6 is 0 Å². The molecule has 1 fully saturated rings. The first kappa shape index (κ1) is 25.2. The summed E-state index contributed by atoms with van der Waals surface area (Å²) in [5.74, 6) is -0.176. The summed E-state index contributed by atoms with van der Waals surface area (Å²) in [6, 6.07) is 8.13. The van der Waals surface area contributed by atoms with E-state index in [0.717, 1.165) is 31.4 Å². The van der Waals surface area contributed by atoms with Gasteiger partial charge in [-0.2, -0.15) is 20.3 Å². The second-order valence-corrected chi connectivity index (χ2v) is 8.98. The molecule has 0 radical (unpaired) electrons. The molecule has 10 nitrogen and oxygen atoms in total. The van der Waals surface area contributed by atoms with Gasteiger partial charge in [-0.1, -0.05) is 6.08 Å². The maximum absolute atomic E-state index is 15.2. The van der Waals surface area contributed by atoms with Gasteiger partial charge in [-0.25, -0.2) is 8.78 Å². The minimum absolute atomic E-state index is 0.0779. The Labute approximate surface area is 217 Å². The van der Waals surface area contributed by atoms with Crippen LogP contribution in [0, 0.1) is 29.9 Å². The fraction of sp³-hybridized carbons (Fsp3) is 0.308. The van der Waals surface area contributed by atoms with E-state index in [1.807, 2.05) is 25.1 Å². The first-order valence-electron chi connectivity index (χ1n) is 12.3. The summed E-state index contributed by atoms with van der Waals surface area (Å²) >= 11 is 0. The van der Waals surface area contributed by atoms with Crippen LogP contribution in [0.4, 0.5) is 26.2 Å². The fourth-order valence-corrected chi connectivity index (χ4v) is 4.40. The van der Waals surface area contributed by atoms with Gasteiger partial charge in [0.25, 0.3) is 0 Å². The maximum atomic E-state index is 15.2. The van der Waals surface area contributed by atoms with Crippen molar-refractivity contribution >= 4 is 34.4 Å². The van der Waals surface area contributed by atoms with Gasteiger partial charge < -0.3 is 19.9 Å². The zero-order valence-corrected chi connectivity index (χ0v) is 21.1. The lowest BCUT2D eigenvalue weighted by atomic mass is 10.2. The fourth-order valence-electron chi connectivity index (χ4n) is 4.40. The SMILES string of the molecule is C/C=C/c1cc(Nc2cc(N3CCN(CCC#N)CC3)nc(Oc3cc(F)c4[nH]c(C)cc4c3F)n2)n[nH]1. The number of halogens is 2. The number of fused-ring (bicyclic) bond motifs is 1. The summed E-state index contributed by atoms with van der Waals surface area (Å²) in [7, 11) is 0. The number of aromatic nitrogens is 5. The number of rotatable bonds is 8. The number of aromatic amines is 2. The van der Waals surface area contributed by atoms with E-state index in [1.165, 1.54) is 6.07 Å². The number of benzene rings is 1. The van der Waals surface area contributed by atoms with E-state index in [4.69, 9.17) is 10.00 Å². The zero-order valence-electron chi connectivity index (χ0n) is 21.1. The van der Waals surface area contributed by atoms with Crippen molar-refractivity contribution in [1.82, 2.24) is 30.0 Å². The topological polar surface area (TPSA) is 122 Å². The summed E-state index contributed by atoms with van der Waals surface area (Å²) in [5, 5.41) is 19.2. The van der Waals surface area contributed by atoms with E-state index in [9.17, 15) is 4.39 Å². The van der Waals surface area contributed by atoms with Crippen LogP contribution in [0.3, 0.4) is 0 Å². The molecule has 0 atom stereocenters. The Hall–Kier alpha value is -4.50. The summed E-state index contributed by atoms with van der Waals surface area (Å²) in [4.78, 5) is 16.0. The van der Waals surface area contributed by atoms with Crippen molar-refractivity contribution in [3.8, 4) is 17.8 Å². The molecule has 0 amide bonds. The van der Waals surface area contributed by atoms with Crippen LogP contribution in [-0.4, -0.2) is 62.8 Å². The average molecular weight is 520 g/mol. The van der Waals surface area contributed by atoms with Crippen molar-refractivity contribution in [2.24, 2.45) is 0 Å². The molecular formula is C26H27F2N9O. The maximum Gasteiger partial charge on any atom is 0.326 e. The van der Waals surface area contributed by atoms with Gasteiger partial charge in [0.15, 0.2) is 23.2 Å². The lowest BCUT2D eigenvalue weighted by Gasteiger charge is -2.35. The molecule has 1 aromatic carbocycles. The molecule has 4 heterocycles. The zero-order chi connectivity index (χ0) is 26.6. The molecule has 1 aliphatic rings. The van der Waals surface area contributed by atoms with Gasteiger partial charge in [-0.3, -0.25) is 10.00 Å². The lowest BCUT2D eigenvalue weighted by Crippen LogP contribution is -2.46. The Kier molecular flexibility index (Phi) is 7.19. The van der Waals surface area contributed by atoms with Gasteiger partial charge in [-0.05, 0) is 26.0 Å². The number of aryl methyl sites for hydroxylation is 1. The molecule has 196 valence electrons. The van der Waals surface area contributed by atoms with Crippen LogP contribution in [-0.2, 0) is 0 Å². The number of ether oxygens (including phenoxy) is 1. The van der Waals surface area contributed by atoms with Crippen LogP contribution in [0.5, 0.6) is 11.8 Å². The van der Waals surface area contributed by atoms with Gasteiger partial charge in [0.1, 0.15) is 11.6 Å². The van der Waals surface area contributed by atoms with E-state index in [-0.39, 0.29) is 22.7 Å². The second-order valence-electron chi connectivity index (χ2n) is 8.98. The molecule has 5 rings (SSSR count). The number of piperazine rings is 1. The van der Waals surface area contributed by atoms with E-state index in [2.05, 4.69) is 46.3 Å². The Balaban J connectivity index is 1.45. The molecule has 12 heteroatoms. The van der Waals surface area contributed by atoms with Crippen LogP contribution in [0.25, 0.3) is 17.0 Å². The van der Waals surface area contributed by atoms with E-state index in [0.29, 0.717) is 42.7 Å². The van der Waals surface area contributed by atoms with Gasteiger partial charge in [0, 0.05) is 68.4 Å². The molecule has 3 N–H and O–H groups in total. The molecule has 0 spiro atoms. The number of nitrogens with one attached hydrogen (secondary N) is 3. The summed E-state index contributed by atoms with van der Waals surface area (Å²) in [5.41, 5.74) is 1.51. The average Bonchev–Trinajstić information content (AvgIpc) is 3.52. The standard InChI is InChI=1S/C26H27F2N9O/c1-3-5-17-13-22(35-34-17)31-21-15-23(37-10-8-36(9-11-37)7-4-6-29)33-26(32-21)38-20-14-19(27)25-18(24(20)28)12-16(2)30-25/h3,5,12-15,30H,4,7-11H2,1-2H3,(H2,31,32,33,34,35)/b5-3+. The first-order chi connectivity index (χ1) is 18.4.